The Morgan fingerprint density at radius 1 is 0.727 bits per heavy atom. The van der Waals surface area contributed by atoms with E-state index in [1.165, 1.54) is 16.7 Å². The molecule has 0 aromatic heterocycles. The molecule has 0 saturated heterocycles. The number of rotatable bonds is 4. The number of hydrogen-bond donors (Lipinski definition) is 1. The second kappa shape index (κ2) is 7.31. The zero-order valence-corrected chi connectivity index (χ0v) is 18.1. The van der Waals surface area contributed by atoms with Crippen molar-refractivity contribution in [2.75, 3.05) is 5.32 Å². The Morgan fingerprint density at radius 2 is 1.27 bits per heavy atom. The Labute approximate surface area is 193 Å². The fraction of sp³-hybridized carbons (Fsp3) is 0.172. The maximum Gasteiger partial charge on any atom is 0.269 e. The number of para-hydroxylation sites is 1. The Bertz CT molecular complexity index is 1270. The Hall–Kier alpha value is -3.92. The molecule has 4 heteroatoms. The monoisotopic (exact) mass is 432 g/mol. The lowest BCUT2D eigenvalue weighted by Gasteiger charge is -2.52. The van der Waals surface area contributed by atoms with Gasteiger partial charge in [-0.3, -0.25) is 10.1 Å². The average Bonchev–Trinajstić information content (AvgIpc) is 3.66. The fourth-order valence-electron chi connectivity index (χ4n) is 6.13. The van der Waals surface area contributed by atoms with Crippen molar-refractivity contribution in [3.8, 4) is 0 Å². The normalized spacial score (nSPS) is 19.3. The predicted octanol–water partition coefficient (Wildman–Crippen LogP) is 6.88. The first-order valence-corrected chi connectivity index (χ1v) is 11.4. The van der Waals surface area contributed by atoms with Gasteiger partial charge in [0, 0.05) is 23.2 Å². The first-order chi connectivity index (χ1) is 16.2. The summed E-state index contributed by atoms with van der Waals surface area (Å²) in [6, 6.07) is 37.4. The van der Waals surface area contributed by atoms with Gasteiger partial charge in [-0.05, 0) is 41.2 Å². The highest BCUT2D eigenvalue weighted by Crippen LogP contribution is 2.73. The topological polar surface area (TPSA) is 55.2 Å². The number of nitrogens with one attached hydrogen (secondary N) is 1. The number of nitro groups is 1. The van der Waals surface area contributed by atoms with Gasteiger partial charge in [-0.2, -0.15) is 0 Å². The molecule has 162 valence electrons. The van der Waals surface area contributed by atoms with Gasteiger partial charge in [-0.1, -0.05) is 91.0 Å². The molecule has 6 rings (SSSR count). The van der Waals surface area contributed by atoms with E-state index in [2.05, 4.69) is 90.2 Å². The third-order valence-electron chi connectivity index (χ3n) is 7.57. The smallest absolute Gasteiger partial charge is 0.269 e. The van der Waals surface area contributed by atoms with E-state index in [9.17, 15) is 10.1 Å². The zero-order chi connectivity index (χ0) is 22.5. The maximum atomic E-state index is 11.3. The standard InChI is InChI=1S/C29H24N2O2/c32-31(33)24-17-15-21(16-18-24)27-28(19-20-28)29(22-9-3-1-4-10-22,23-11-5-2-6-12-23)25-13-7-8-14-26(25)30-27/h1-18,27,30H,19-20H2. The van der Waals surface area contributed by atoms with E-state index in [1.807, 2.05) is 12.1 Å². The number of nitrogens with zero attached hydrogens (tertiary/aromatic N) is 1. The van der Waals surface area contributed by atoms with Crippen LogP contribution in [0, 0.1) is 15.5 Å². The molecule has 4 aromatic carbocycles. The van der Waals surface area contributed by atoms with Crippen molar-refractivity contribution >= 4 is 11.4 Å². The van der Waals surface area contributed by atoms with Gasteiger partial charge in [0.1, 0.15) is 0 Å². The van der Waals surface area contributed by atoms with Crippen LogP contribution in [-0.4, -0.2) is 4.92 Å². The van der Waals surface area contributed by atoms with Crippen LogP contribution in [0.5, 0.6) is 0 Å². The summed E-state index contributed by atoms with van der Waals surface area (Å²) in [7, 11) is 0. The summed E-state index contributed by atoms with van der Waals surface area (Å²) >= 11 is 0. The van der Waals surface area contributed by atoms with Crippen molar-refractivity contribution in [1.82, 2.24) is 0 Å². The van der Waals surface area contributed by atoms with Gasteiger partial charge < -0.3 is 5.32 Å². The van der Waals surface area contributed by atoms with Crippen molar-refractivity contribution < 1.29 is 4.92 Å². The molecule has 1 fully saturated rings. The van der Waals surface area contributed by atoms with E-state index in [0.717, 1.165) is 24.1 Å². The van der Waals surface area contributed by atoms with E-state index >= 15 is 0 Å². The van der Waals surface area contributed by atoms with Crippen LogP contribution in [0.4, 0.5) is 11.4 Å². The number of benzene rings is 4. The molecule has 33 heavy (non-hydrogen) atoms. The molecule has 4 nitrogen and oxygen atoms in total. The number of anilines is 1. The summed E-state index contributed by atoms with van der Waals surface area (Å²) < 4.78 is 0. The molecule has 1 N–H and O–H groups in total. The highest BCUT2D eigenvalue weighted by molar-refractivity contribution is 5.70. The van der Waals surface area contributed by atoms with E-state index in [4.69, 9.17) is 0 Å². The van der Waals surface area contributed by atoms with Crippen LogP contribution in [-0.2, 0) is 5.41 Å². The molecule has 0 amide bonds. The van der Waals surface area contributed by atoms with Crippen LogP contribution in [0.25, 0.3) is 0 Å². The minimum atomic E-state index is -0.335. The van der Waals surface area contributed by atoms with E-state index < -0.39 is 0 Å². The van der Waals surface area contributed by atoms with Crippen LogP contribution in [0.2, 0.25) is 0 Å². The summed E-state index contributed by atoms with van der Waals surface area (Å²) in [6.45, 7) is 0. The quantitative estimate of drug-likeness (QED) is 0.283. The van der Waals surface area contributed by atoms with Gasteiger partial charge in [0.15, 0.2) is 0 Å². The van der Waals surface area contributed by atoms with Gasteiger partial charge in [-0.25, -0.2) is 0 Å². The van der Waals surface area contributed by atoms with E-state index in [1.54, 1.807) is 12.1 Å². The van der Waals surface area contributed by atoms with Crippen LogP contribution in [0.15, 0.2) is 109 Å². The van der Waals surface area contributed by atoms with Crippen molar-refractivity contribution in [3.63, 3.8) is 0 Å². The largest absolute Gasteiger partial charge is 0.377 e. The molecule has 1 unspecified atom stereocenters. The predicted molar refractivity (Wildman–Crippen MR) is 130 cm³/mol. The highest BCUT2D eigenvalue weighted by Gasteiger charge is 2.67. The molecule has 1 saturated carbocycles. The summed E-state index contributed by atoms with van der Waals surface area (Å²) in [6.07, 6.45) is 2.14. The van der Waals surface area contributed by atoms with Crippen molar-refractivity contribution in [1.29, 1.82) is 0 Å². The average molecular weight is 433 g/mol. The lowest BCUT2D eigenvalue weighted by Crippen LogP contribution is -2.48. The molecule has 1 aliphatic carbocycles. The highest BCUT2D eigenvalue weighted by atomic mass is 16.6. The van der Waals surface area contributed by atoms with Gasteiger partial charge in [-0.15, -0.1) is 0 Å². The third kappa shape index (κ3) is 2.77. The number of hydrogen-bond acceptors (Lipinski definition) is 3. The minimum absolute atomic E-state index is 0.0358. The van der Waals surface area contributed by atoms with Crippen LogP contribution in [0.1, 0.15) is 41.1 Å². The minimum Gasteiger partial charge on any atom is -0.377 e. The molecule has 1 atom stereocenters. The number of nitro benzene ring substituents is 1. The molecule has 2 aliphatic rings. The Kier molecular flexibility index (Phi) is 4.37. The fourth-order valence-corrected chi connectivity index (χ4v) is 6.13. The van der Waals surface area contributed by atoms with E-state index in [0.29, 0.717) is 0 Å². The molecular formula is C29H24N2O2. The molecule has 4 aromatic rings. The third-order valence-corrected chi connectivity index (χ3v) is 7.57. The second-order valence-corrected chi connectivity index (χ2v) is 9.11. The van der Waals surface area contributed by atoms with Crippen LogP contribution < -0.4 is 5.32 Å². The summed E-state index contributed by atoms with van der Waals surface area (Å²) in [5.41, 5.74) is 5.78. The first kappa shape index (κ1) is 19.7. The van der Waals surface area contributed by atoms with Crippen molar-refractivity contribution in [3.05, 3.63) is 142 Å². The van der Waals surface area contributed by atoms with Crippen LogP contribution >= 0.6 is 0 Å². The molecule has 0 radical (unpaired) electrons. The van der Waals surface area contributed by atoms with Crippen molar-refractivity contribution in [2.24, 2.45) is 5.41 Å². The van der Waals surface area contributed by atoms with Gasteiger partial charge in [0.05, 0.1) is 16.4 Å². The van der Waals surface area contributed by atoms with Crippen molar-refractivity contribution in [2.45, 2.75) is 24.3 Å². The van der Waals surface area contributed by atoms with Gasteiger partial charge in [0.25, 0.3) is 5.69 Å². The summed E-state index contributed by atoms with van der Waals surface area (Å²) in [4.78, 5) is 10.9. The molecule has 1 spiro atoms. The number of non-ortho nitro benzene ring substituents is 1. The Morgan fingerprint density at radius 3 is 1.82 bits per heavy atom. The molecule has 0 bridgehead atoms. The maximum absolute atomic E-state index is 11.3. The van der Waals surface area contributed by atoms with E-state index in [-0.39, 0.29) is 27.5 Å². The second-order valence-electron chi connectivity index (χ2n) is 9.11. The SMILES string of the molecule is O=[N+]([O-])c1ccc(C2Nc3ccccc3C(c3ccccc3)(c3ccccc3)C23CC3)cc1. The first-order valence-electron chi connectivity index (χ1n) is 11.4. The summed E-state index contributed by atoms with van der Waals surface area (Å²) in [5.74, 6) is 0. The lowest BCUT2D eigenvalue weighted by atomic mass is 9.54. The Balaban J connectivity index is 1.65. The zero-order valence-electron chi connectivity index (χ0n) is 18.1. The van der Waals surface area contributed by atoms with Crippen LogP contribution in [0.3, 0.4) is 0 Å². The van der Waals surface area contributed by atoms with Gasteiger partial charge >= 0.3 is 0 Å². The lowest BCUT2D eigenvalue weighted by molar-refractivity contribution is -0.384. The molecule has 1 aliphatic heterocycles. The van der Waals surface area contributed by atoms with Gasteiger partial charge in [0.2, 0.25) is 0 Å². The molecule has 1 heterocycles. The number of fused-ring (bicyclic) bond motifs is 1. The molecular weight excluding hydrogens is 408 g/mol. The summed E-state index contributed by atoms with van der Waals surface area (Å²) in [5, 5.41) is 15.1.